The normalized spacial score (nSPS) is 12.8. The van der Waals surface area contributed by atoms with Gasteiger partial charge in [-0.05, 0) is 44.9 Å². The summed E-state index contributed by atoms with van der Waals surface area (Å²) in [5, 5.41) is 23.2. The first-order valence-electron chi connectivity index (χ1n) is 32.1. The largest absolute Gasteiger partial charge is 0.394 e. The molecule has 2 atom stereocenters. The molecule has 0 saturated carbocycles. The van der Waals surface area contributed by atoms with Gasteiger partial charge in [-0.2, -0.15) is 0 Å². The second-order valence-electron chi connectivity index (χ2n) is 22.2. The number of carbonyl (C=O) groups excluding carboxylic acids is 1. The first kappa shape index (κ1) is 67.9. The first-order chi connectivity index (χ1) is 34.2. The van der Waals surface area contributed by atoms with Crippen LogP contribution in [0.15, 0.2) is 24.3 Å². The molecule has 0 aromatic rings. The quantitative estimate of drug-likeness (QED) is 0.0420. The van der Waals surface area contributed by atoms with E-state index >= 15 is 0 Å². The fourth-order valence-electron chi connectivity index (χ4n) is 10.3. The molecule has 0 bridgehead atoms. The van der Waals surface area contributed by atoms with E-state index < -0.39 is 12.1 Å². The monoisotopic (exact) mass is 970 g/mol. The fraction of sp³-hybridized carbons (Fsp3) is 0.923. The van der Waals surface area contributed by atoms with Crippen LogP contribution in [0.4, 0.5) is 0 Å². The van der Waals surface area contributed by atoms with Gasteiger partial charge in [0.2, 0.25) is 5.91 Å². The minimum Gasteiger partial charge on any atom is -0.394 e. The Morgan fingerprint density at radius 1 is 0.333 bits per heavy atom. The standard InChI is InChI=1S/C65H127NO3/c1-3-5-7-9-11-13-15-17-19-21-22-23-24-25-26-27-28-29-30-31-32-33-34-35-36-37-38-39-40-41-42-43-44-45-47-49-51-53-55-57-59-61-65(69)66-63(62-67)64(68)60-58-56-54-52-50-48-46-20-18-16-14-12-10-8-6-4-2/h21-22,58,60,63-64,67-68H,3-20,23-57,59,61-62H2,1-2H3,(H,66,69)/b22-21-,60-58+. The molecule has 0 rings (SSSR count). The molecule has 4 nitrogen and oxygen atoms in total. The average Bonchev–Trinajstić information content (AvgIpc) is 3.35. The lowest BCUT2D eigenvalue weighted by Crippen LogP contribution is -2.45. The second-order valence-corrected chi connectivity index (χ2v) is 22.2. The molecule has 0 aliphatic rings. The zero-order chi connectivity index (χ0) is 49.9. The van der Waals surface area contributed by atoms with Gasteiger partial charge in [0.15, 0.2) is 0 Å². The number of allylic oxidation sites excluding steroid dienone is 3. The maximum absolute atomic E-state index is 12.5. The highest BCUT2D eigenvalue weighted by molar-refractivity contribution is 5.76. The number of rotatable bonds is 60. The molecular weight excluding hydrogens is 843 g/mol. The Bertz CT molecular complexity index is 1010. The summed E-state index contributed by atoms with van der Waals surface area (Å²) < 4.78 is 0. The Balaban J connectivity index is 3.35. The molecule has 2 unspecified atom stereocenters. The van der Waals surface area contributed by atoms with Crippen molar-refractivity contribution in [2.45, 2.75) is 379 Å². The van der Waals surface area contributed by atoms with Crippen LogP contribution in [0.25, 0.3) is 0 Å². The van der Waals surface area contributed by atoms with Crippen LogP contribution >= 0.6 is 0 Å². The lowest BCUT2D eigenvalue weighted by Gasteiger charge is -2.20. The fourth-order valence-corrected chi connectivity index (χ4v) is 10.3. The third-order valence-corrected chi connectivity index (χ3v) is 15.2. The summed E-state index contributed by atoms with van der Waals surface area (Å²) in [6, 6.07) is -0.619. The molecule has 69 heavy (non-hydrogen) atoms. The molecule has 3 N–H and O–H groups in total. The number of aliphatic hydroxyl groups is 2. The van der Waals surface area contributed by atoms with E-state index in [9.17, 15) is 15.0 Å². The van der Waals surface area contributed by atoms with Crippen molar-refractivity contribution >= 4 is 5.91 Å². The number of unbranched alkanes of at least 4 members (excludes halogenated alkanes) is 51. The van der Waals surface area contributed by atoms with E-state index in [1.54, 1.807) is 6.08 Å². The van der Waals surface area contributed by atoms with Gasteiger partial charge in [-0.1, -0.05) is 340 Å². The molecule has 4 heteroatoms. The highest BCUT2D eigenvalue weighted by Gasteiger charge is 2.18. The molecule has 0 aromatic heterocycles. The summed E-state index contributed by atoms with van der Waals surface area (Å²) in [6.07, 6.45) is 82.5. The molecule has 0 aliphatic heterocycles. The van der Waals surface area contributed by atoms with E-state index in [0.717, 1.165) is 25.7 Å². The van der Waals surface area contributed by atoms with E-state index in [4.69, 9.17) is 0 Å². The van der Waals surface area contributed by atoms with Gasteiger partial charge in [0.25, 0.3) is 0 Å². The van der Waals surface area contributed by atoms with Crippen LogP contribution < -0.4 is 5.32 Å². The predicted molar refractivity (Wildman–Crippen MR) is 309 cm³/mol. The molecule has 1 amide bonds. The molecule has 0 radical (unpaired) electrons. The van der Waals surface area contributed by atoms with Crippen LogP contribution in [-0.2, 0) is 4.79 Å². The Hall–Kier alpha value is -1.13. The number of aliphatic hydroxyl groups excluding tert-OH is 2. The van der Waals surface area contributed by atoms with Crippen molar-refractivity contribution in [3.8, 4) is 0 Å². The number of hydrogen-bond acceptors (Lipinski definition) is 3. The number of hydrogen-bond donors (Lipinski definition) is 3. The summed E-state index contributed by atoms with van der Waals surface area (Å²) in [5.74, 6) is -0.0562. The Morgan fingerprint density at radius 2 is 0.551 bits per heavy atom. The van der Waals surface area contributed by atoms with E-state index in [2.05, 4.69) is 31.3 Å². The molecular formula is C65H127NO3. The molecule has 0 heterocycles. The maximum atomic E-state index is 12.5. The molecule has 0 spiro atoms. The summed E-state index contributed by atoms with van der Waals surface area (Å²) >= 11 is 0. The van der Waals surface area contributed by atoms with E-state index in [1.807, 2.05) is 6.08 Å². The second kappa shape index (κ2) is 61.2. The zero-order valence-electron chi connectivity index (χ0n) is 47.4. The molecule has 0 aliphatic carbocycles. The number of nitrogens with one attached hydrogen (secondary N) is 1. The molecule has 0 aromatic carbocycles. The lowest BCUT2D eigenvalue weighted by atomic mass is 10.0. The van der Waals surface area contributed by atoms with Crippen molar-refractivity contribution < 1.29 is 15.0 Å². The molecule has 410 valence electrons. The van der Waals surface area contributed by atoms with Crippen molar-refractivity contribution in [1.29, 1.82) is 0 Å². The third kappa shape index (κ3) is 57.6. The Kier molecular flexibility index (Phi) is 60.2. The molecule has 0 fully saturated rings. The Labute approximate surface area is 434 Å². The van der Waals surface area contributed by atoms with E-state index in [0.29, 0.717) is 6.42 Å². The molecule has 0 saturated heterocycles. The van der Waals surface area contributed by atoms with Gasteiger partial charge in [0.1, 0.15) is 0 Å². The van der Waals surface area contributed by atoms with E-state index in [-0.39, 0.29) is 12.5 Å². The highest BCUT2D eigenvalue weighted by atomic mass is 16.3. The minimum atomic E-state index is -0.836. The summed E-state index contributed by atoms with van der Waals surface area (Å²) in [6.45, 7) is 4.34. The van der Waals surface area contributed by atoms with Crippen LogP contribution in [0.2, 0.25) is 0 Å². The van der Waals surface area contributed by atoms with E-state index in [1.165, 1.54) is 321 Å². The highest BCUT2D eigenvalue weighted by Crippen LogP contribution is 2.18. The van der Waals surface area contributed by atoms with Crippen LogP contribution in [0.1, 0.15) is 367 Å². The first-order valence-corrected chi connectivity index (χ1v) is 32.1. The van der Waals surface area contributed by atoms with Crippen LogP contribution in [-0.4, -0.2) is 34.9 Å². The smallest absolute Gasteiger partial charge is 0.220 e. The summed E-state index contributed by atoms with van der Waals surface area (Å²) in [5.41, 5.74) is 0. The van der Waals surface area contributed by atoms with Crippen molar-refractivity contribution in [2.24, 2.45) is 0 Å². The maximum Gasteiger partial charge on any atom is 0.220 e. The van der Waals surface area contributed by atoms with Crippen molar-refractivity contribution in [3.05, 3.63) is 24.3 Å². The van der Waals surface area contributed by atoms with Gasteiger partial charge < -0.3 is 15.5 Å². The van der Waals surface area contributed by atoms with Crippen LogP contribution in [0.3, 0.4) is 0 Å². The summed E-state index contributed by atoms with van der Waals surface area (Å²) in [4.78, 5) is 12.5. The number of carbonyl (C=O) groups is 1. The average molecular weight is 971 g/mol. The van der Waals surface area contributed by atoms with Gasteiger partial charge in [-0.3, -0.25) is 4.79 Å². The summed E-state index contributed by atoms with van der Waals surface area (Å²) in [7, 11) is 0. The van der Waals surface area contributed by atoms with Crippen molar-refractivity contribution in [3.63, 3.8) is 0 Å². The van der Waals surface area contributed by atoms with Gasteiger partial charge in [0, 0.05) is 6.42 Å². The van der Waals surface area contributed by atoms with Crippen LogP contribution in [0.5, 0.6) is 0 Å². The van der Waals surface area contributed by atoms with Gasteiger partial charge in [-0.15, -0.1) is 0 Å². The zero-order valence-corrected chi connectivity index (χ0v) is 47.4. The van der Waals surface area contributed by atoms with Crippen molar-refractivity contribution in [2.75, 3.05) is 6.61 Å². The van der Waals surface area contributed by atoms with Crippen LogP contribution in [0, 0.1) is 0 Å². The van der Waals surface area contributed by atoms with Gasteiger partial charge in [-0.25, -0.2) is 0 Å². The van der Waals surface area contributed by atoms with Gasteiger partial charge >= 0.3 is 0 Å². The lowest BCUT2D eigenvalue weighted by molar-refractivity contribution is -0.123. The van der Waals surface area contributed by atoms with Crippen molar-refractivity contribution in [1.82, 2.24) is 5.32 Å². The van der Waals surface area contributed by atoms with Gasteiger partial charge in [0.05, 0.1) is 18.8 Å². The number of amides is 1. The Morgan fingerprint density at radius 3 is 0.797 bits per heavy atom. The SMILES string of the molecule is CCCCCCCCCC/C=C\CCCCCCCCCCCCCCCCCCCCCCCCCCCCCCCC(=O)NC(CO)C(O)/C=C/CCCCCCCCCCCCCCCC. The minimum absolute atomic E-state index is 0.0562. The topological polar surface area (TPSA) is 69.6 Å². The third-order valence-electron chi connectivity index (χ3n) is 15.2. The predicted octanol–water partition coefficient (Wildman–Crippen LogP) is 21.4.